The molecule has 1 amide bonds. The second-order valence-electron chi connectivity index (χ2n) is 7.75. The fraction of sp³-hybridized carbons (Fsp3) is 0.0769. The number of Topliss-reactive ketones (excluding diaryl/α,β-unsaturated/α-hetero) is 1. The molecule has 2 heterocycles. The van der Waals surface area contributed by atoms with Gasteiger partial charge in [-0.15, -0.1) is 0 Å². The molecule has 6 heteroatoms. The first-order valence-corrected chi connectivity index (χ1v) is 10.2. The highest BCUT2D eigenvalue weighted by atomic mass is 19.1. The van der Waals surface area contributed by atoms with Crippen LogP contribution in [0.25, 0.3) is 16.7 Å². The van der Waals surface area contributed by atoms with Gasteiger partial charge in [-0.2, -0.15) is 0 Å². The molecule has 1 atom stereocenters. The number of ketones is 1. The summed E-state index contributed by atoms with van der Waals surface area (Å²) in [5.41, 5.74) is 3.18. The molecular weight excluding hydrogens is 407 g/mol. The third kappa shape index (κ3) is 3.00. The minimum atomic E-state index is -0.852. The number of H-pyrrole nitrogens is 1. The molecule has 5 nitrogen and oxygen atoms in total. The number of aromatic nitrogens is 1. The molecule has 3 aromatic carbocycles. The van der Waals surface area contributed by atoms with Crippen molar-refractivity contribution in [1.29, 1.82) is 0 Å². The average molecular weight is 426 g/mol. The number of anilines is 1. The lowest BCUT2D eigenvalue weighted by Crippen LogP contribution is -2.29. The van der Waals surface area contributed by atoms with E-state index < -0.39 is 23.5 Å². The van der Waals surface area contributed by atoms with Gasteiger partial charge in [0, 0.05) is 28.4 Å². The van der Waals surface area contributed by atoms with Crippen LogP contribution < -0.4 is 4.90 Å². The Balaban J connectivity index is 1.78. The van der Waals surface area contributed by atoms with E-state index in [9.17, 15) is 19.1 Å². The summed E-state index contributed by atoms with van der Waals surface area (Å²) in [5, 5.41) is 12.1. The van der Waals surface area contributed by atoms with Gasteiger partial charge in [-0.05, 0) is 48.4 Å². The molecule has 0 aliphatic carbocycles. The number of aliphatic hydroxyl groups excluding tert-OH is 1. The third-order valence-electron chi connectivity index (χ3n) is 5.88. The number of hydrogen-bond donors (Lipinski definition) is 2. The monoisotopic (exact) mass is 426 g/mol. The first kappa shape index (κ1) is 19.8. The Bertz CT molecular complexity index is 1400. The number of hydrogen-bond acceptors (Lipinski definition) is 3. The molecule has 0 radical (unpaired) electrons. The van der Waals surface area contributed by atoms with Gasteiger partial charge in [-0.25, -0.2) is 4.39 Å². The number of fused-ring (bicyclic) bond motifs is 1. The fourth-order valence-corrected chi connectivity index (χ4v) is 4.30. The average Bonchev–Trinajstić information content (AvgIpc) is 3.34. The van der Waals surface area contributed by atoms with Crippen LogP contribution in [-0.2, 0) is 9.59 Å². The van der Waals surface area contributed by atoms with Gasteiger partial charge in [-0.1, -0.05) is 42.5 Å². The summed E-state index contributed by atoms with van der Waals surface area (Å²) in [4.78, 5) is 30.8. The largest absolute Gasteiger partial charge is 0.507 e. The predicted molar refractivity (Wildman–Crippen MR) is 121 cm³/mol. The van der Waals surface area contributed by atoms with Gasteiger partial charge < -0.3 is 10.1 Å². The molecule has 1 saturated heterocycles. The zero-order valence-electron chi connectivity index (χ0n) is 17.2. The van der Waals surface area contributed by atoms with Gasteiger partial charge in [0.1, 0.15) is 11.6 Å². The van der Waals surface area contributed by atoms with Crippen molar-refractivity contribution >= 4 is 34.0 Å². The van der Waals surface area contributed by atoms with Gasteiger partial charge >= 0.3 is 0 Å². The number of benzene rings is 3. The Hall–Kier alpha value is -4.19. The lowest BCUT2D eigenvalue weighted by molar-refractivity contribution is -0.132. The van der Waals surface area contributed by atoms with E-state index >= 15 is 0 Å². The Morgan fingerprint density at radius 2 is 1.66 bits per heavy atom. The van der Waals surface area contributed by atoms with Gasteiger partial charge in [0.2, 0.25) is 0 Å². The minimum Gasteiger partial charge on any atom is -0.507 e. The molecule has 32 heavy (non-hydrogen) atoms. The smallest absolute Gasteiger partial charge is 0.300 e. The number of nitrogens with one attached hydrogen (secondary N) is 1. The minimum absolute atomic E-state index is 0.00150. The normalized spacial score (nSPS) is 17.9. The molecule has 1 aliphatic rings. The molecule has 5 rings (SSSR count). The van der Waals surface area contributed by atoms with Crippen LogP contribution in [0.2, 0.25) is 0 Å². The molecule has 0 saturated carbocycles. The van der Waals surface area contributed by atoms with Crippen LogP contribution in [0.5, 0.6) is 0 Å². The summed E-state index contributed by atoms with van der Waals surface area (Å²) in [7, 11) is 0. The molecule has 1 aromatic heterocycles. The maximum atomic E-state index is 13.5. The van der Waals surface area contributed by atoms with E-state index in [1.54, 1.807) is 6.20 Å². The quantitative estimate of drug-likeness (QED) is 0.267. The van der Waals surface area contributed by atoms with Gasteiger partial charge in [0.15, 0.2) is 0 Å². The number of aromatic amines is 1. The number of carbonyl (C=O) groups excluding carboxylic acids is 2. The second-order valence-corrected chi connectivity index (χ2v) is 7.75. The van der Waals surface area contributed by atoms with Crippen molar-refractivity contribution in [3.63, 3.8) is 0 Å². The summed E-state index contributed by atoms with van der Waals surface area (Å²) in [5.74, 6) is -2.26. The molecule has 2 N–H and O–H groups in total. The number of aliphatic hydroxyl groups is 1. The molecule has 1 aliphatic heterocycles. The van der Waals surface area contributed by atoms with E-state index in [1.165, 1.54) is 29.2 Å². The summed E-state index contributed by atoms with van der Waals surface area (Å²) >= 11 is 0. The first-order valence-electron chi connectivity index (χ1n) is 10.2. The highest BCUT2D eigenvalue weighted by Crippen LogP contribution is 2.43. The SMILES string of the molecule is Cc1ccccc1C1/C(=C(\O)c2c[nH]c3ccccc23)C(=O)C(=O)N1c1ccc(F)cc1. The van der Waals surface area contributed by atoms with E-state index in [0.717, 1.165) is 16.5 Å². The Morgan fingerprint density at radius 3 is 2.41 bits per heavy atom. The standard InChI is InChI=1S/C26H19FN2O3/c1-15-6-2-3-7-18(15)23-22(24(30)20-14-28-21-9-5-4-8-19(20)21)25(31)26(32)29(23)17-12-10-16(27)11-13-17/h2-14,23,28,30H,1H3/b24-22+. The van der Waals surface area contributed by atoms with Crippen LogP contribution in [0.15, 0.2) is 84.6 Å². The van der Waals surface area contributed by atoms with Gasteiger partial charge in [-0.3, -0.25) is 14.5 Å². The highest BCUT2D eigenvalue weighted by Gasteiger charge is 2.47. The Kier molecular flexibility index (Phi) is 4.63. The van der Waals surface area contributed by atoms with Crippen molar-refractivity contribution < 1.29 is 19.1 Å². The number of amides is 1. The van der Waals surface area contributed by atoms with E-state index in [0.29, 0.717) is 16.8 Å². The molecule has 158 valence electrons. The number of halogens is 1. The van der Waals surface area contributed by atoms with Crippen molar-refractivity contribution in [3.8, 4) is 0 Å². The van der Waals surface area contributed by atoms with Crippen molar-refractivity contribution in [2.24, 2.45) is 0 Å². The second kappa shape index (κ2) is 7.50. The fourth-order valence-electron chi connectivity index (χ4n) is 4.30. The number of nitrogens with zero attached hydrogens (tertiary/aromatic N) is 1. The Morgan fingerprint density at radius 1 is 0.969 bits per heavy atom. The number of para-hydroxylation sites is 1. The van der Waals surface area contributed by atoms with Gasteiger partial charge in [0.05, 0.1) is 11.6 Å². The van der Waals surface area contributed by atoms with Gasteiger partial charge in [0.25, 0.3) is 11.7 Å². The van der Waals surface area contributed by atoms with Crippen molar-refractivity contribution in [3.05, 3.63) is 107 Å². The molecule has 1 unspecified atom stereocenters. The zero-order valence-corrected chi connectivity index (χ0v) is 17.2. The van der Waals surface area contributed by atoms with Crippen LogP contribution in [0.4, 0.5) is 10.1 Å². The number of carbonyl (C=O) groups is 2. The van der Waals surface area contributed by atoms with Crippen LogP contribution in [0.1, 0.15) is 22.7 Å². The zero-order chi connectivity index (χ0) is 22.4. The number of rotatable bonds is 3. The highest BCUT2D eigenvalue weighted by molar-refractivity contribution is 6.51. The third-order valence-corrected chi connectivity index (χ3v) is 5.88. The maximum absolute atomic E-state index is 13.5. The topological polar surface area (TPSA) is 73.4 Å². The lowest BCUT2D eigenvalue weighted by Gasteiger charge is -2.26. The van der Waals surface area contributed by atoms with Crippen molar-refractivity contribution in [2.45, 2.75) is 13.0 Å². The lowest BCUT2D eigenvalue weighted by atomic mass is 9.92. The van der Waals surface area contributed by atoms with Crippen molar-refractivity contribution in [2.75, 3.05) is 4.90 Å². The van der Waals surface area contributed by atoms with Crippen LogP contribution >= 0.6 is 0 Å². The van der Waals surface area contributed by atoms with E-state index in [4.69, 9.17) is 0 Å². The van der Waals surface area contributed by atoms with E-state index in [1.807, 2.05) is 55.5 Å². The summed E-state index contributed by atoms with van der Waals surface area (Å²) in [6.45, 7) is 1.88. The molecule has 1 fully saturated rings. The number of aryl methyl sites for hydroxylation is 1. The Labute approximate surface area is 183 Å². The predicted octanol–water partition coefficient (Wildman–Crippen LogP) is 5.24. The molecule has 0 bridgehead atoms. The first-order chi connectivity index (χ1) is 15.5. The van der Waals surface area contributed by atoms with Crippen LogP contribution in [-0.4, -0.2) is 21.8 Å². The summed E-state index contributed by atoms with van der Waals surface area (Å²) in [6, 6.07) is 19.3. The summed E-state index contributed by atoms with van der Waals surface area (Å²) in [6.07, 6.45) is 1.63. The van der Waals surface area contributed by atoms with Crippen molar-refractivity contribution in [1.82, 2.24) is 4.98 Å². The molecule has 4 aromatic rings. The molecule has 0 spiro atoms. The van der Waals surface area contributed by atoms with E-state index in [2.05, 4.69) is 4.98 Å². The maximum Gasteiger partial charge on any atom is 0.300 e. The van der Waals surface area contributed by atoms with E-state index in [-0.39, 0.29) is 11.3 Å². The molecular formula is C26H19FN2O3. The van der Waals surface area contributed by atoms with Crippen LogP contribution in [0, 0.1) is 12.7 Å². The van der Waals surface area contributed by atoms with Crippen LogP contribution in [0.3, 0.4) is 0 Å². The summed E-state index contributed by atoms with van der Waals surface area (Å²) < 4.78 is 13.5.